The average Bonchev–Trinajstić information content (AvgIpc) is 3.73. The lowest BCUT2D eigenvalue weighted by molar-refractivity contribution is 0.483. The van der Waals surface area contributed by atoms with Crippen LogP contribution in [-0.4, -0.2) is 16.2 Å². The predicted octanol–water partition coefficient (Wildman–Crippen LogP) is 13.1. The topological polar surface area (TPSA) is 33.5 Å². The summed E-state index contributed by atoms with van der Waals surface area (Å²) in [6.07, 6.45) is 1.83. The third kappa shape index (κ3) is 6.15. The highest BCUT2D eigenvalue weighted by Gasteiger charge is 2.28. The van der Waals surface area contributed by atoms with E-state index in [0.717, 1.165) is 51.5 Å². The highest BCUT2D eigenvalue weighted by molar-refractivity contribution is 6.09. The maximum absolute atomic E-state index is 15.5. The number of aromatic nitrogens is 2. The lowest BCUT2D eigenvalue weighted by Gasteiger charge is -2.25. The minimum Gasteiger partial charge on any atom is -0.457 e. The number of rotatable bonds is 7. The molecular weight excluding hydrogens is 692 g/mol. The number of halogens is 1. The average molecular weight is 737 g/mol. The van der Waals surface area contributed by atoms with Gasteiger partial charge in [-0.15, -0.1) is 0 Å². The molecule has 56 heavy (non-hydrogen) atoms. The summed E-state index contributed by atoms with van der Waals surface area (Å²) in [5, 5.41) is 1.38. The number of pyridine rings is 1. The third-order valence-corrected chi connectivity index (χ3v) is 11.4. The van der Waals surface area contributed by atoms with Crippen LogP contribution in [0.5, 0.6) is 11.5 Å². The number of hydrogen-bond donors (Lipinski definition) is 0. The van der Waals surface area contributed by atoms with Gasteiger partial charge in [0.25, 0.3) is 0 Å². The minimum absolute atomic E-state index is 0.0717. The van der Waals surface area contributed by atoms with Crippen molar-refractivity contribution in [1.82, 2.24) is 9.55 Å². The SMILES string of the molecule is Cc1cc(CN2CN(c3cccc(Oc4ccc5c6c(F)cccc6n(-c6cc(C(C)(C)C)ccn6)c5c4)c3)c3ccccc32)c(-c2ccccc2)c(C)c1C. The maximum Gasteiger partial charge on any atom is 0.137 e. The largest absolute Gasteiger partial charge is 0.457 e. The number of benzene rings is 6. The smallest absolute Gasteiger partial charge is 0.137 e. The van der Waals surface area contributed by atoms with Crippen LogP contribution in [0.15, 0.2) is 140 Å². The Morgan fingerprint density at radius 3 is 2.25 bits per heavy atom. The molecule has 0 saturated carbocycles. The van der Waals surface area contributed by atoms with Gasteiger partial charge in [0, 0.05) is 41.3 Å². The number of ether oxygens (including phenoxy) is 1. The van der Waals surface area contributed by atoms with Gasteiger partial charge in [0.1, 0.15) is 23.1 Å². The van der Waals surface area contributed by atoms with E-state index < -0.39 is 0 Å². The number of fused-ring (bicyclic) bond motifs is 4. The summed E-state index contributed by atoms with van der Waals surface area (Å²) in [7, 11) is 0. The van der Waals surface area contributed by atoms with Crippen LogP contribution in [0.2, 0.25) is 0 Å². The fraction of sp³-hybridized carbons (Fsp3) is 0.180. The molecule has 1 aliphatic heterocycles. The monoisotopic (exact) mass is 736 g/mol. The van der Waals surface area contributed by atoms with Gasteiger partial charge in [0.05, 0.1) is 29.1 Å². The molecule has 0 radical (unpaired) electrons. The standard InChI is InChI=1S/C50H45FN4O/c1-32-26-36(48(34(3)33(32)2)35-14-8-7-9-15-35)30-53-31-54(44-20-11-10-19-43(44)53)38-16-12-17-39(28-38)56-40-22-23-41-46(29-40)55(45-21-13-18-42(51)49(41)45)47-27-37(24-25-52-47)50(4,5)6/h7-29H,30-31H2,1-6H3. The molecule has 0 fully saturated rings. The van der Waals surface area contributed by atoms with Gasteiger partial charge in [-0.1, -0.05) is 81.4 Å². The number of anilines is 3. The maximum atomic E-state index is 15.5. The minimum atomic E-state index is -0.261. The Kier molecular flexibility index (Phi) is 8.65. The second-order valence-corrected chi connectivity index (χ2v) is 16.0. The molecule has 0 bridgehead atoms. The van der Waals surface area contributed by atoms with Crippen molar-refractivity contribution in [2.75, 3.05) is 16.5 Å². The first kappa shape index (κ1) is 35.3. The molecule has 0 unspecified atom stereocenters. The van der Waals surface area contributed by atoms with E-state index in [0.29, 0.717) is 17.8 Å². The third-order valence-electron chi connectivity index (χ3n) is 11.4. The van der Waals surface area contributed by atoms with Crippen molar-refractivity contribution in [2.45, 2.75) is 53.5 Å². The van der Waals surface area contributed by atoms with E-state index in [1.54, 1.807) is 6.07 Å². The summed E-state index contributed by atoms with van der Waals surface area (Å²) in [4.78, 5) is 9.59. The van der Waals surface area contributed by atoms with Gasteiger partial charge in [-0.05, 0) is 126 Å². The quantitative estimate of drug-likeness (QED) is 0.163. The van der Waals surface area contributed by atoms with E-state index in [-0.39, 0.29) is 11.2 Å². The Bertz CT molecular complexity index is 2780. The van der Waals surface area contributed by atoms with Gasteiger partial charge in [0.2, 0.25) is 0 Å². The first-order chi connectivity index (χ1) is 27.0. The highest BCUT2D eigenvalue weighted by Crippen LogP contribution is 2.44. The summed E-state index contributed by atoms with van der Waals surface area (Å²) < 4.78 is 24.2. The van der Waals surface area contributed by atoms with Crippen LogP contribution in [0.4, 0.5) is 21.5 Å². The van der Waals surface area contributed by atoms with E-state index >= 15 is 4.39 Å². The van der Waals surface area contributed by atoms with Crippen molar-refractivity contribution in [3.63, 3.8) is 0 Å². The molecule has 3 heterocycles. The number of hydrogen-bond acceptors (Lipinski definition) is 4. The van der Waals surface area contributed by atoms with Gasteiger partial charge in [-0.3, -0.25) is 4.57 Å². The zero-order chi connectivity index (χ0) is 38.7. The summed E-state index contributed by atoms with van der Waals surface area (Å²) >= 11 is 0. The molecule has 6 aromatic carbocycles. The lowest BCUT2D eigenvalue weighted by Crippen LogP contribution is -2.27. The summed E-state index contributed by atoms with van der Waals surface area (Å²) in [6, 6.07) is 45.3. The summed E-state index contributed by atoms with van der Waals surface area (Å²) in [5.74, 6) is 1.86. The number of aryl methyl sites for hydroxylation is 1. The molecule has 0 atom stereocenters. The molecule has 0 amide bonds. The van der Waals surface area contributed by atoms with E-state index in [2.05, 4.69) is 130 Å². The summed E-state index contributed by atoms with van der Waals surface area (Å²) in [5.41, 5.74) is 13.9. The molecular formula is C50H45FN4O. The van der Waals surface area contributed by atoms with Crippen LogP contribution in [0.1, 0.15) is 48.6 Å². The second-order valence-electron chi connectivity index (χ2n) is 16.0. The Morgan fingerprint density at radius 1 is 0.696 bits per heavy atom. The first-order valence-electron chi connectivity index (χ1n) is 19.3. The molecule has 1 aliphatic rings. The molecule has 278 valence electrons. The zero-order valence-electron chi connectivity index (χ0n) is 32.8. The van der Waals surface area contributed by atoms with E-state index in [9.17, 15) is 0 Å². The summed E-state index contributed by atoms with van der Waals surface area (Å²) in [6.45, 7) is 14.7. The van der Waals surface area contributed by atoms with Gasteiger partial charge >= 0.3 is 0 Å². The Balaban J connectivity index is 1.06. The zero-order valence-corrected chi connectivity index (χ0v) is 32.8. The van der Waals surface area contributed by atoms with Gasteiger partial charge < -0.3 is 14.5 Å². The van der Waals surface area contributed by atoms with Crippen LogP contribution in [0.3, 0.4) is 0 Å². The van der Waals surface area contributed by atoms with Crippen LogP contribution in [0.25, 0.3) is 38.8 Å². The van der Waals surface area contributed by atoms with Crippen molar-refractivity contribution in [2.24, 2.45) is 0 Å². The van der Waals surface area contributed by atoms with Gasteiger partial charge in [0.15, 0.2) is 0 Å². The van der Waals surface area contributed by atoms with Crippen LogP contribution >= 0.6 is 0 Å². The number of para-hydroxylation sites is 2. The molecule has 5 nitrogen and oxygen atoms in total. The van der Waals surface area contributed by atoms with E-state index in [1.165, 1.54) is 45.1 Å². The fourth-order valence-electron chi connectivity index (χ4n) is 8.31. The molecule has 6 heteroatoms. The molecule has 0 spiro atoms. The van der Waals surface area contributed by atoms with E-state index in [1.807, 2.05) is 53.2 Å². The van der Waals surface area contributed by atoms with Crippen LogP contribution in [-0.2, 0) is 12.0 Å². The van der Waals surface area contributed by atoms with Crippen molar-refractivity contribution >= 4 is 38.9 Å². The van der Waals surface area contributed by atoms with Crippen molar-refractivity contribution < 1.29 is 9.13 Å². The lowest BCUT2D eigenvalue weighted by atomic mass is 9.88. The second kappa shape index (κ2) is 13.7. The van der Waals surface area contributed by atoms with Gasteiger partial charge in [-0.25, -0.2) is 9.37 Å². The molecule has 8 aromatic rings. The predicted molar refractivity (Wildman–Crippen MR) is 229 cm³/mol. The molecule has 0 aliphatic carbocycles. The van der Waals surface area contributed by atoms with Crippen LogP contribution in [0, 0.1) is 26.6 Å². The van der Waals surface area contributed by atoms with Crippen molar-refractivity contribution in [3.05, 3.63) is 173 Å². The van der Waals surface area contributed by atoms with Crippen molar-refractivity contribution in [3.8, 4) is 28.4 Å². The van der Waals surface area contributed by atoms with Crippen molar-refractivity contribution in [1.29, 1.82) is 0 Å². The van der Waals surface area contributed by atoms with Crippen LogP contribution < -0.4 is 14.5 Å². The molecule has 9 rings (SSSR count). The van der Waals surface area contributed by atoms with E-state index in [4.69, 9.17) is 9.72 Å². The molecule has 0 saturated heterocycles. The Morgan fingerprint density at radius 2 is 1.45 bits per heavy atom. The Labute approximate surface area is 328 Å². The molecule has 2 aromatic heterocycles. The first-order valence-corrected chi connectivity index (χ1v) is 19.3. The highest BCUT2D eigenvalue weighted by atomic mass is 19.1. The van der Waals surface area contributed by atoms with Gasteiger partial charge in [-0.2, -0.15) is 0 Å². The fourth-order valence-corrected chi connectivity index (χ4v) is 8.31. The number of nitrogens with zero attached hydrogens (tertiary/aromatic N) is 4. The normalized spacial score (nSPS) is 12.8. The Hall–Kier alpha value is -6.40. The molecule has 0 N–H and O–H groups in total.